The number of benzene rings is 6. The van der Waals surface area contributed by atoms with Gasteiger partial charge in [0.15, 0.2) is 0 Å². The molecule has 3 heteroatoms. The maximum Gasteiger partial charge on any atom is 0.123 e. The minimum absolute atomic E-state index is 0.142. The third-order valence-electron chi connectivity index (χ3n) is 10.7. The average Bonchev–Trinajstić information content (AvgIpc) is 3.30. The molecule has 0 bridgehead atoms. The van der Waals surface area contributed by atoms with E-state index in [1.165, 1.54) is 38.9 Å². The van der Waals surface area contributed by atoms with Crippen LogP contribution in [0.4, 0.5) is 17.1 Å². The number of rotatable bonds is 6. The highest BCUT2D eigenvalue weighted by Crippen LogP contribution is 2.57. The van der Waals surface area contributed by atoms with E-state index in [4.69, 9.17) is 9.72 Å². The zero-order chi connectivity index (χ0) is 34.4. The van der Waals surface area contributed by atoms with E-state index < -0.39 is 0 Å². The first-order valence-electron chi connectivity index (χ1n) is 18.1. The van der Waals surface area contributed by atoms with E-state index >= 15 is 0 Å². The van der Waals surface area contributed by atoms with Gasteiger partial charge in [0.25, 0.3) is 0 Å². The molecule has 9 rings (SSSR count). The highest BCUT2D eigenvalue weighted by Gasteiger charge is 2.39. The molecular formula is C48H40N2O. The molecule has 0 N–H and O–H groups in total. The summed E-state index contributed by atoms with van der Waals surface area (Å²) in [6, 6.07) is 56.7. The molecule has 0 saturated carbocycles. The van der Waals surface area contributed by atoms with Crippen LogP contribution in [-0.4, -0.2) is 11.6 Å². The van der Waals surface area contributed by atoms with Crippen LogP contribution in [-0.2, 0) is 11.8 Å². The maximum absolute atomic E-state index is 6.42. The van der Waals surface area contributed by atoms with E-state index in [2.05, 4.69) is 176 Å². The number of hydrogen-bond donors (Lipinski definition) is 0. The summed E-state index contributed by atoms with van der Waals surface area (Å²) in [6.45, 7) is 5.49. The Morgan fingerprint density at radius 1 is 0.549 bits per heavy atom. The Kier molecular flexibility index (Phi) is 7.77. The first-order chi connectivity index (χ1) is 25.1. The molecule has 2 heterocycles. The molecule has 3 nitrogen and oxygen atoms in total. The van der Waals surface area contributed by atoms with Crippen molar-refractivity contribution in [1.29, 1.82) is 0 Å². The lowest BCUT2D eigenvalue weighted by molar-refractivity contribution is 0.317. The summed E-state index contributed by atoms with van der Waals surface area (Å²) in [5.74, 6) is 1.01. The van der Waals surface area contributed by atoms with Crippen molar-refractivity contribution in [1.82, 2.24) is 4.98 Å². The van der Waals surface area contributed by atoms with Gasteiger partial charge in [-0.1, -0.05) is 135 Å². The minimum atomic E-state index is -0.142. The van der Waals surface area contributed by atoms with Crippen LogP contribution in [0.3, 0.4) is 0 Å². The molecule has 7 aromatic rings. The summed E-state index contributed by atoms with van der Waals surface area (Å²) >= 11 is 0. The van der Waals surface area contributed by atoms with Crippen LogP contribution >= 0.6 is 0 Å². The van der Waals surface area contributed by atoms with Gasteiger partial charge in [-0.25, -0.2) is 4.98 Å². The molecular weight excluding hydrogens is 621 g/mol. The number of ether oxygens (including phenoxy) is 1. The third-order valence-corrected chi connectivity index (χ3v) is 10.7. The quantitative estimate of drug-likeness (QED) is 0.177. The Hall–Kier alpha value is -5.93. The molecule has 0 radical (unpaired) electrons. The normalized spacial score (nSPS) is 14.1. The lowest BCUT2D eigenvalue weighted by Gasteiger charge is -2.31. The molecule has 0 fully saturated rings. The smallest absolute Gasteiger partial charge is 0.123 e. The first kappa shape index (κ1) is 31.1. The van der Waals surface area contributed by atoms with Crippen molar-refractivity contribution in [3.63, 3.8) is 0 Å². The molecule has 1 aliphatic carbocycles. The fraction of sp³-hybridized carbons (Fsp3) is 0.146. The molecule has 0 saturated heterocycles. The van der Waals surface area contributed by atoms with E-state index in [0.717, 1.165) is 71.2 Å². The van der Waals surface area contributed by atoms with Crippen LogP contribution in [0.15, 0.2) is 158 Å². The fourth-order valence-electron chi connectivity index (χ4n) is 8.18. The number of nitrogens with zero attached hydrogens (tertiary/aromatic N) is 2. The molecule has 0 amide bonds. The van der Waals surface area contributed by atoms with Gasteiger partial charge in [-0.2, -0.15) is 0 Å². The van der Waals surface area contributed by atoms with Crippen LogP contribution in [0, 0.1) is 0 Å². The van der Waals surface area contributed by atoms with Crippen molar-refractivity contribution in [2.45, 2.75) is 38.5 Å². The van der Waals surface area contributed by atoms with Crippen molar-refractivity contribution in [3.8, 4) is 50.5 Å². The van der Waals surface area contributed by atoms with Crippen LogP contribution < -0.4 is 9.64 Å². The number of pyridine rings is 1. The lowest BCUT2D eigenvalue weighted by Crippen LogP contribution is -2.16. The summed E-state index contributed by atoms with van der Waals surface area (Å²) < 4.78 is 6.42. The summed E-state index contributed by atoms with van der Waals surface area (Å²) in [6.07, 6.45) is 3.14. The van der Waals surface area contributed by atoms with Crippen LogP contribution in [0.5, 0.6) is 5.75 Å². The predicted molar refractivity (Wildman–Crippen MR) is 211 cm³/mol. The third kappa shape index (κ3) is 5.41. The Bertz CT molecular complexity index is 2310. The first-order valence-corrected chi connectivity index (χ1v) is 18.1. The van der Waals surface area contributed by atoms with Crippen LogP contribution in [0.2, 0.25) is 0 Å². The lowest BCUT2D eigenvalue weighted by atomic mass is 9.81. The molecule has 0 unspecified atom stereocenters. The van der Waals surface area contributed by atoms with Crippen molar-refractivity contribution in [3.05, 3.63) is 174 Å². The summed E-state index contributed by atoms with van der Waals surface area (Å²) in [7, 11) is 0. The summed E-state index contributed by atoms with van der Waals surface area (Å²) in [5, 5.41) is 0. The summed E-state index contributed by atoms with van der Waals surface area (Å²) in [4.78, 5) is 7.70. The molecule has 0 spiro atoms. The number of anilines is 3. The number of para-hydroxylation sites is 1. The zero-order valence-corrected chi connectivity index (χ0v) is 29.1. The van der Waals surface area contributed by atoms with Gasteiger partial charge in [-0.3, -0.25) is 0 Å². The zero-order valence-electron chi connectivity index (χ0n) is 29.1. The molecule has 51 heavy (non-hydrogen) atoms. The van der Waals surface area contributed by atoms with Gasteiger partial charge in [-0.15, -0.1) is 0 Å². The van der Waals surface area contributed by atoms with Gasteiger partial charge >= 0.3 is 0 Å². The molecule has 0 atom stereocenters. The predicted octanol–water partition coefficient (Wildman–Crippen LogP) is 12.6. The maximum atomic E-state index is 6.42. The Morgan fingerprint density at radius 3 is 1.88 bits per heavy atom. The molecule has 1 aliphatic heterocycles. The molecule has 2 aliphatic rings. The highest BCUT2D eigenvalue weighted by molar-refractivity contribution is 6.02. The van der Waals surface area contributed by atoms with Crippen molar-refractivity contribution >= 4 is 17.1 Å². The van der Waals surface area contributed by atoms with Gasteiger partial charge < -0.3 is 9.64 Å². The number of aromatic nitrogens is 1. The van der Waals surface area contributed by atoms with E-state index in [1.807, 2.05) is 0 Å². The van der Waals surface area contributed by atoms with Crippen molar-refractivity contribution < 1.29 is 4.74 Å². The standard InChI is InChI=1S/C48H40N2O/c1-48(2)40-26-13-12-24-39(40)46-41(48)28-29-44(47(46)38-25-16-27-45-37(38)23-14-15-30-51-45)50(35-21-10-5-11-22-35)36-31-42(33-17-6-3-7-18-33)49-43(32-36)34-19-8-4-9-20-34/h3-13,16-22,24-29,31-32H,14-15,23,30H2,1-2H3. The minimum Gasteiger partial charge on any atom is -0.493 e. The Balaban J connectivity index is 1.39. The fourth-order valence-corrected chi connectivity index (χ4v) is 8.18. The van der Waals surface area contributed by atoms with Gasteiger partial charge in [0, 0.05) is 33.4 Å². The second-order valence-corrected chi connectivity index (χ2v) is 14.1. The topological polar surface area (TPSA) is 25.4 Å². The van der Waals surface area contributed by atoms with Gasteiger partial charge in [0.05, 0.1) is 29.4 Å². The Labute approximate surface area is 300 Å². The number of hydrogen-bond acceptors (Lipinski definition) is 3. The second kappa shape index (κ2) is 12.8. The largest absolute Gasteiger partial charge is 0.493 e. The van der Waals surface area contributed by atoms with Crippen molar-refractivity contribution in [2.24, 2.45) is 0 Å². The Morgan fingerprint density at radius 2 is 1.18 bits per heavy atom. The van der Waals surface area contributed by atoms with Gasteiger partial charge in [-0.05, 0) is 83.5 Å². The van der Waals surface area contributed by atoms with Gasteiger partial charge in [0.1, 0.15) is 5.75 Å². The highest BCUT2D eigenvalue weighted by atomic mass is 16.5. The monoisotopic (exact) mass is 660 g/mol. The van der Waals surface area contributed by atoms with E-state index in [1.54, 1.807) is 0 Å². The second-order valence-electron chi connectivity index (χ2n) is 14.1. The van der Waals surface area contributed by atoms with E-state index in [-0.39, 0.29) is 5.41 Å². The average molecular weight is 661 g/mol. The van der Waals surface area contributed by atoms with Crippen LogP contribution in [0.1, 0.15) is 43.4 Å². The van der Waals surface area contributed by atoms with Gasteiger partial charge in [0.2, 0.25) is 0 Å². The molecule has 6 aromatic carbocycles. The van der Waals surface area contributed by atoms with E-state index in [0.29, 0.717) is 0 Å². The van der Waals surface area contributed by atoms with E-state index in [9.17, 15) is 0 Å². The van der Waals surface area contributed by atoms with Crippen molar-refractivity contribution in [2.75, 3.05) is 11.5 Å². The molecule has 248 valence electrons. The molecule has 1 aromatic heterocycles. The number of fused-ring (bicyclic) bond motifs is 4. The summed E-state index contributed by atoms with van der Waals surface area (Å²) in [5.41, 5.74) is 16.3. The SMILES string of the molecule is CC1(C)c2ccccc2-c2c1ccc(N(c1ccccc1)c1cc(-c3ccccc3)nc(-c3ccccc3)c1)c2-c1cccc2c1CCCCO2. The van der Waals surface area contributed by atoms with Crippen LogP contribution in [0.25, 0.3) is 44.8 Å².